The Balaban J connectivity index is 2.94. The van der Waals surface area contributed by atoms with Crippen LogP contribution in [0, 0.1) is 0 Å². The van der Waals surface area contributed by atoms with Crippen molar-refractivity contribution >= 4 is 11.8 Å². The molecule has 0 aliphatic carbocycles. The van der Waals surface area contributed by atoms with Crippen molar-refractivity contribution in [1.82, 2.24) is 0 Å². The van der Waals surface area contributed by atoms with E-state index in [0.29, 0.717) is 5.56 Å². The van der Waals surface area contributed by atoms with Crippen LogP contribution >= 0.6 is 0 Å². The number of carbonyl (C=O) groups excluding carboxylic acids is 1. The SMILES string of the molecule is CC(=O)c1ccc(C(O)C(=O)O)cc1. The molecule has 0 bridgehead atoms. The largest absolute Gasteiger partial charge is 0.479 e. The summed E-state index contributed by atoms with van der Waals surface area (Å²) in [5.74, 6) is -1.40. The first-order chi connectivity index (χ1) is 6.52. The molecular formula is C10H10O4. The molecule has 1 aromatic rings. The van der Waals surface area contributed by atoms with Gasteiger partial charge in [-0.3, -0.25) is 4.79 Å². The monoisotopic (exact) mass is 194 g/mol. The van der Waals surface area contributed by atoms with E-state index in [0.717, 1.165) is 0 Å². The highest BCUT2D eigenvalue weighted by Gasteiger charge is 2.15. The van der Waals surface area contributed by atoms with Gasteiger partial charge in [-0.2, -0.15) is 0 Å². The van der Waals surface area contributed by atoms with Crippen molar-refractivity contribution in [3.63, 3.8) is 0 Å². The van der Waals surface area contributed by atoms with Crippen LogP contribution in [0.5, 0.6) is 0 Å². The van der Waals surface area contributed by atoms with Crippen molar-refractivity contribution in [3.8, 4) is 0 Å². The number of hydrogen-bond acceptors (Lipinski definition) is 3. The maximum absolute atomic E-state index is 10.9. The first-order valence-corrected chi connectivity index (χ1v) is 4.04. The Kier molecular flexibility index (Phi) is 2.99. The molecule has 0 saturated heterocycles. The lowest BCUT2D eigenvalue weighted by Crippen LogP contribution is -2.10. The molecule has 74 valence electrons. The van der Waals surface area contributed by atoms with Crippen LogP contribution in [0.25, 0.3) is 0 Å². The predicted octanol–water partition coefficient (Wildman–Crippen LogP) is 1.01. The Labute approximate surface area is 80.8 Å². The van der Waals surface area contributed by atoms with Crippen LogP contribution in [0.1, 0.15) is 28.9 Å². The van der Waals surface area contributed by atoms with Gasteiger partial charge in [-0.15, -0.1) is 0 Å². The zero-order chi connectivity index (χ0) is 10.7. The third kappa shape index (κ3) is 2.17. The molecule has 0 amide bonds. The zero-order valence-electron chi connectivity index (χ0n) is 7.60. The fraction of sp³-hybridized carbons (Fsp3) is 0.200. The van der Waals surface area contributed by atoms with E-state index in [1.54, 1.807) is 0 Å². The Bertz CT molecular complexity index is 353. The molecule has 14 heavy (non-hydrogen) atoms. The number of aliphatic hydroxyl groups excluding tert-OH is 1. The fourth-order valence-corrected chi connectivity index (χ4v) is 1.04. The quantitative estimate of drug-likeness (QED) is 0.704. The van der Waals surface area contributed by atoms with Crippen molar-refractivity contribution in [2.75, 3.05) is 0 Å². The van der Waals surface area contributed by atoms with E-state index in [4.69, 9.17) is 10.2 Å². The minimum absolute atomic E-state index is 0.0960. The number of ketones is 1. The molecule has 0 radical (unpaired) electrons. The van der Waals surface area contributed by atoms with Gasteiger partial charge in [-0.1, -0.05) is 24.3 Å². The summed E-state index contributed by atoms with van der Waals surface area (Å²) in [4.78, 5) is 21.3. The number of Topliss-reactive ketones (excluding diaryl/α,β-unsaturated/α-hetero) is 1. The standard InChI is InChI=1S/C10H10O4/c1-6(11)7-2-4-8(5-3-7)9(12)10(13)14/h2-5,9,12H,1H3,(H,13,14). The number of rotatable bonds is 3. The fourth-order valence-electron chi connectivity index (χ4n) is 1.04. The summed E-state index contributed by atoms with van der Waals surface area (Å²) >= 11 is 0. The summed E-state index contributed by atoms with van der Waals surface area (Å²) in [6.45, 7) is 1.42. The molecule has 1 atom stereocenters. The predicted molar refractivity (Wildman–Crippen MR) is 49.0 cm³/mol. The average Bonchev–Trinajstić information content (AvgIpc) is 2.16. The Morgan fingerprint density at radius 2 is 1.71 bits per heavy atom. The molecule has 0 saturated carbocycles. The van der Waals surface area contributed by atoms with E-state index in [2.05, 4.69) is 0 Å². The smallest absolute Gasteiger partial charge is 0.337 e. The number of aliphatic hydroxyl groups is 1. The summed E-state index contributed by atoms with van der Waals surface area (Å²) < 4.78 is 0. The molecule has 1 unspecified atom stereocenters. The molecule has 4 nitrogen and oxygen atoms in total. The molecule has 0 aliphatic rings. The topological polar surface area (TPSA) is 74.6 Å². The van der Waals surface area contributed by atoms with Gasteiger partial charge in [0.05, 0.1) is 0 Å². The van der Waals surface area contributed by atoms with Crippen molar-refractivity contribution in [3.05, 3.63) is 35.4 Å². The van der Waals surface area contributed by atoms with Gasteiger partial charge in [0.2, 0.25) is 0 Å². The van der Waals surface area contributed by atoms with E-state index in [-0.39, 0.29) is 11.3 Å². The van der Waals surface area contributed by atoms with Gasteiger partial charge in [0, 0.05) is 5.56 Å². The number of carboxylic acid groups (broad SMARTS) is 1. The molecule has 0 heterocycles. The normalized spacial score (nSPS) is 12.1. The van der Waals surface area contributed by atoms with Crippen LogP contribution in [-0.2, 0) is 4.79 Å². The van der Waals surface area contributed by atoms with Crippen LogP contribution in [0.15, 0.2) is 24.3 Å². The second kappa shape index (κ2) is 4.02. The minimum Gasteiger partial charge on any atom is -0.479 e. The summed E-state index contributed by atoms with van der Waals surface area (Å²) in [5, 5.41) is 17.6. The highest BCUT2D eigenvalue weighted by atomic mass is 16.4. The average molecular weight is 194 g/mol. The molecule has 4 heteroatoms. The van der Waals surface area contributed by atoms with Gasteiger partial charge in [0.15, 0.2) is 11.9 Å². The number of benzene rings is 1. The molecule has 0 aliphatic heterocycles. The maximum Gasteiger partial charge on any atom is 0.337 e. The Morgan fingerprint density at radius 1 is 1.21 bits per heavy atom. The van der Waals surface area contributed by atoms with Crippen LogP contribution in [0.4, 0.5) is 0 Å². The van der Waals surface area contributed by atoms with Gasteiger partial charge in [0.1, 0.15) is 0 Å². The summed E-state index contributed by atoms with van der Waals surface area (Å²) in [5.41, 5.74) is 0.758. The number of hydrogen-bond donors (Lipinski definition) is 2. The van der Waals surface area contributed by atoms with Gasteiger partial charge in [-0.25, -0.2) is 4.79 Å². The van der Waals surface area contributed by atoms with E-state index in [1.807, 2.05) is 0 Å². The van der Waals surface area contributed by atoms with Gasteiger partial charge >= 0.3 is 5.97 Å². The van der Waals surface area contributed by atoms with E-state index in [9.17, 15) is 9.59 Å². The van der Waals surface area contributed by atoms with Crippen molar-refractivity contribution < 1.29 is 19.8 Å². The highest BCUT2D eigenvalue weighted by Crippen LogP contribution is 2.13. The molecular weight excluding hydrogens is 184 g/mol. The zero-order valence-corrected chi connectivity index (χ0v) is 7.60. The number of carboxylic acids is 1. The van der Waals surface area contributed by atoms with Crippen molar-refractivity contribution in [2.24, 2.45) is 0 Å². The second-order valence-corrected chi connectivity index (χ2v) is 2.92. The van der Waals surface area contributed by atoms with Crippen molar-refractivity contribution in [1.29, 1.82) is 0 Å². The molecule has 2 N–H and O–H groups in total. The summed E-state index contributed by atoms with van der Waals surface area (Å²) in [6, 6.07) is 5.83. The lowest BCUT2D eigenvalue weighted by atomic mass is 10.1. The van der Waals surface area contributed by atoms with Gasteiger partial charge < -0.3 is 10.2 Å². The third-order valence-electron chi connectivity index (χ3n) is 1.87. The lowest BCUT2D eigenvalue weighted by molar-refractivity contribution is -0.146. The van der Waals surface area contributed by atoms with Crippen LogP contribution in [0.3, 0.4) is 0 Å². The first kappa shape index (κ1) is 10.4. The summed E-state index contributed by atoms with van der Waals surface area (Å²) in [7, 11) is 0. The molecule has 1 rings (SSSR count). The summed E-state index contributed by atoms with van der Waals surface area (Å²) in [6.07, 6.45) is -1.53. The van der Waals surface area contributed by atoms with Gasteiger partial charge in [0.25, 0.3) is 0 Å². The van der Waals surface area contributed by atoms with Gasteiger partial charge in [-0.05, 0) is 12.5 Å². The molecule has 0 aromatic heterocycles. The third-order valence-corrected chi connectivity index (χ3v) is 1.87. The minimum atomic E-state index is -1.53. The molecule has 0 fully saturated rings. The first-order valence-electron chi connectivity index (χ1n) is 4.04. The lowest BCUT2D eigenvalue weighted by Gasteiger charge is -2.05. The molecule has 1 aromatic carbocycles. The Morgan fingerprint density at radius 3 is 2.07 bits per heavy atom. The van der Waals surface area contributed by atoms with Crippen LogP contribution in [-0.4, -0.2) is 22.0 Å². The van der Waals surface area contributed by atoms with E-state index < -0.39 is 12.1 Å². The van der Waals surface area contributed by atoms with Crippen molar-refractivity contribution in [2.45, 2.75) is 13.0 Å². The second-order valence-electron chi connectivity index (χ2n) is 2.92. The van der Waals surface area contributed by atoms with E-state index in [1.165, 1.54) is 31.2 Å². The van der Waals surface area contributed by atoms with E-state index >= 15 is 0 Å². The Hall–Kier alpha value is -1.68. The van der Waals surface area contributed by atoms with Crippen LogP contribution < -0.4 is 0 Å². The molecule has 0 spiro atoms. The van der Waals surface area contributed by atoms with Crippen LogP contribution in [0.2, 0.25) is 0 Å². The number of aliphatic carboxylic acids is 1. The maximum atomic E-state index is 10.9. The number of carbonyl (C=O) groups is 2. The highest BCUT2D eigenvalue weighted by molar-refractivity contribution is 5.94.